The average molecular weight is 401 g/mol. The summed E-state index contributed by atoms with van der Waals surface area (Å²) < 4.78 is 5.70. The van der Waals surface area contributed by atoms with E-state index in [4.69, 9.17) is 4.74 Å². The minimum absolute atomic E-state index is 0.329. The molecule has 0 atom stereocenters. The van der Waals surface area contributed by atoms with Gasteiger partial charge in [-0.2, -0.15) is 20.4 Å². The average Bonchev–Trinajstić information content (AvgIpc) is 2.70. The highest BCUT2D eigenvalue weighted by atomic mass is 16.5. The Morgan fingerprint density at radius 2 is 1.86 bits per heavy atom. The van der Waals surface area contributed by atoms with Crippen LogP contribution in [0.2, 0.25) is 0 Å². The third-order valence-electron chi connectivity index (χ3n) is 4.42. The van der Waals surface area contributed by atoms with Crippen LogP contribution in [0, 0.1) is 13.8 Å². The molecule has 0 saturated carbocycles. The highest BCUT2D eigenvalue weighted by Gasteiger charge is 2.13. The summed E-state index contributed by atoms with van der Waals surface area (Å²) in [4.78, 5) is 15.7. The van der Waals surface area contributed by atoms with Crippen molar-refractivity contribution < 1.29 is 10.2 Å². The molecule has 0 aliphatic rings. The number of aryl methyl sites for hydroxylation is 2. The Kier molecular flexibility index (Phi) is 9.46. The second-order valence-electron chi connectivity index (χ2n) is 6.97. The summed E-state index contributed by atoms with van der Waals surface area (Å²) in [5, 5.41) is 7.48. The highest BCUT2D eigenvalue weighted by molar-refractivity contribution is 5.74. The maximum absolute atomic E-state index is 5.70. The van der Waals surface area contributed by atoms with Gasteiger partial charge in [0.05, 0.1) is 0 Å². The van der Waals surface area contributed by atoms with Crippen molar-refractivity contribution in [3.8, 4) is 6.01 Å². The fraction of sp³-hybridized carbons (Fsp3) is 0.524. The molecule has 0 fully saturated rings. The molecule has 1 aromatic heterocycles. The maximum atomic E-state index is 5.70. The van der Waals surface area contributed by atoms with Crippen LogP contribution in [0.4, 0.5) is 11.6 Å². The lowest BCUT2D eigenvalue weighted by molar-refractivity contribution is -0.577. The van der Waals surface area contributed by atoms with Crippen molar-refractivity contribution in [2.75, 3.05) is 38.2 Å². The van der Waals surface area contributed by atoms with Crippen LogP contribution in [0.1, 0.15) is 43.6 Å². The van der Waals surface area contributed by atoms with E-state index in [2.05, 4.69) is 76.2 Å². The van der Waals surface area contributed by atoms with Crippen LogP contribution in [-0.4, -0.2) is 54.5 Å². The Morgan fingerprint density at radius 1 is 1.10 bits per heavy atom. The first-order chi connectivity index (χ1) is 14.1. The van der Waals surface area contributed by atoms with E-state index < -0.39 is 0 Å². The van der Waals surface area contributed by atoms with Gasteiger partial charge >= 0.3 is 6.01 Å². The molecule has 2 aromatic rings. The molecule has 1 heterocycles. The van der Waals surface area contributed by atoms with Crippen molar-refractivity contribution in [2.24, 2.45) is 5.10 Å². The van der Waals surface area contributed by atoms with Gasteiger partial charge in [0.25, 0.3) is 0 Å². The van der Waals surface area contributed by atoms with Crippen LogP contribution in [0.5, 0.6) is 6.01 Å². The fourth-order valence-corrected chi connectivity index (χ4v) is 2.76. The molecule has 158 valence electrons. The Balaban J connectivity index is 2.21. The van der Waals surface area contributed by atoms with E-state index in [1.807, 2.05) is 12.5 Å². The third-order valence-corrected chi connectivity index (χ3v) is 4.42. The smallest absolute Gasteiger partial charge is 0.321 e. The van der Waals surface area contributed by atoms with E-state index >= 15 is 0 Å². The second kappa shape index (κ2) is 12.1. The first-order valence-corrected chi connectivity index (χ1v) is 10.3. The zero-order valence-corrected chi connectivity index (χ0v) is 18.3. The van der Waals surface area contributed by atoms with Crippen LogP contribution in [0.25, 0.3) is 0 Å². The highest BCUT2D eigenvalue weighted by Crippen LogP contribution is 2.13. The molecule has 8 nitrogen and oxygen atoms in total. The van der Waals surface area contributed by atoms with Crippen molar-refractivity contribution in [1.29, 1.82) is 0 Å². The minimum atomic E-state index is 0.329. The molecule has 0 saturated heterocycles. The Morgan fingerprint density at radius 3 is 2.52 bits per heavy atom. The number of quaternary nitrogens is 1. The third kappa shape index (κ3) is 7.40. The lowest BCUT2D eigenvalue weighted by Gasteiger charge is -2.21. The number of nitrogens with two attached hydrogens (primary N) is 1. The van der Waals surface area contributed by atoms with Gasteiger partial charge in [0, 0.05) is 31.8 Å². The molecule has 0 bridgehead atoms. The van der Waals surface area contributed by atoms with Crippen LogP contribution >= 0.6 is 0 Å². The van der Waals surface area contributed by atoms with Gasteiger partial charge in [-0.3, -0.25) is 0 Å². The van der Waals surface area contributed by atoms with Crippen LogP contribution < -0.4 is 20.4 Å². The standard InChI is InChI=1S/C21H33N7O/c1-6-11-28(12-7-2)20-24-19(25-21(26-20)29-13-10-22-5)15-23-27-18-9-8-16(3)17(4)14-18/h8-9,14-15,22,27H,6-7,10-13H2,1-5H3/p+1/b23-15+. The molecule has 0 amide bonds. The first kappa shape index (κ1) is 22.7. The Hall–Kier alpha value is -2.58. The first-order valence-electron chi connectivity index (χ1n) is 10.3. The molecule has 0 spiro atoms. The molecule has 0 radical (unpaired) electrons. The van der Waals surface area contributed by atoms with Gasteiger partial charge < -0.3 is 15.0 Å². The van der Waals surface area contributed by atoms with Crippen molar-refractivity contribution in [3.05, 3.63) is 35.2 Å². The van der Waals surface area contributed by atoms with E-state index in [0.29, 0.717) is 24.4 Å². The van der Waals surface area contributed by atoms with Gasteiger partial charge in [0.1, 0.15) is 12.8 Å². The van der Waals surface area contributed by atoms with Crippen LogP contribution in [-0.2, 0) is 0 Å². The minimum Gasteiger partial charge on any atom is -0.462 e. The normalized spacial score (nSPS) is 11.2. The van der Waals surface area contributed by atoms with Crippen LogP contribution in [0.3, 0.4) is 0 Å². The van der Waals surface area contributed by atoms with Gasteiger partial charge in [0.15, 0.2) is 11.5 Å². The van der Waals surface area contributed by atoms with Crippen molar-refractivity contribution in [1.82, 2.24) is 20.3 Å². The lowest BCUT2D eigenvalue weighted by Crippen LogP contribution is -2.71. The number of benzene rings is 1. The van der Waals surface area contributed by atoms with E-state index in [0.717, 1.165) is 38.2 Å². The molecular formula is C21H34N7O+. The van der Waals surface area contributed by atoms with Gasteiger partial charge in [-0.1, -0.05) is 25.0 Å². The maximum Gasteiger partial charge on any atom is 0.321 e. The topological polar surface area (TPSA) is 92.1 Å². The van der Waals surface area contributed by atoms with E-state index in [1.54, 1.807) is 6.21 Å². The molecule has 1 aromatic carbocycles. The second-order valence-corrected chi connectivity index (χ2v) is 6.97. The largest absolute Gasteiger partial charge is 0.462 e. The Bertz CT molecular complexity index is 789. The summed E-state index contributed by atoms with van der Waals surface area (Å²) in [6.45, 7) is 11.5. The van der Waals surface area contributed by atoms with Crippen LogP contribution in [0.15, 0.2) is 23.3 Å². The summed E-state index contributed by atoms with van der Waals surface area (Å²) >= 11 is 0. The SMILES string of the molecule is CCCN(CCC)c1nc(/C=N/[NH2+]c2ccc(C)c(C)c2)nc(OCCNC)n1. The molecule has 0 aliphatic carbocycles. The number of nitrogens with zero attached hydrogens (tertiary/aromatic N) is 5. The van der Waals surface area contributed by atoms with E-state index in [1.165, 1.54) is 11.1 Å². The summed E-state index contributed by atoms with van der Waals surface area (Å²) in [5.41, 5.74) is 5.37. The zero-order chi connectivity index (χ0) is 21.1. The number of ether oxygens (including phenoxy) is 1. The molecule has 3 N–H and O–H groups in total. The fourth-order valence-electron chi connectivity index (χ4n) is 2.76. The molecule has 0 aliphatic heterocycles. The number of hydrogen-bond acceptors (Lipinski definition) is 7. The molecule has 2 rings (SSSR count). The zero-order valence-electron chi connectivity index (χ0n) is 18.3. The van der Waals surface area contributed by atoms with Gasteiger partial charge in [-0.05, 0) is 44.9 Å². The number of aromatic nitrogens is 3. The molecular weight excluding hydrogens is 366 g/mol. The van der Waals surface area contributed by atoms with Crippen molar-refractivity contribution >= 4 is 17.9 Å². The number of likely N-dealkylation sites (N-methyl/N-ethyl adjacent to an activating group) is 1. The summed E-state index contributed by atoms with van der Waals surface area (Å²) in [7, 11) is 1.88. The van der Waals surface area contributed by atoms with Gasteiger partial charge in [-0.15, -0.1) is 0 Å². The van der Waals surface area contributed by atoms with Crippen molar-refractivity contribution in [3.63, 3.8) is 0 Å². The Labute approximate surface area is 173 Å². The summed E-state index contributed by atoms with van der Waals surface area (Å²) in [5.74, 6) is 1.13. The number of rotatable bonds is 12. The molecule has 0 unspecified atom stereocenters. The number of anilines is 1. The quantitative estimate of drug-likeness (QED) is 0.186. The predicted molar refractivity (Wildman–Crippen MR) is 117 cm³/mol. The summed E-state index contributed by atoms with van der Waals surface area (Å²) in [6, 6.07) is 6.59. The molecule has 8 heteroatoms. The van der Waals surface area contributed by atoms with Crippen molar-refractivity contribution in [2.45, 2.75) is 40.5 Å². The lowest BCUT2D eigenvalue weighted by atomic mass is 10.1. The number of nitrogens with one attached hydrogen (secondary N) is 1. The predicted octanol–water partition coefficient (Wildman–Crippen LogP) is 1.94. The van der Waals surface area contributed by atoms with E-state index in [9.17, 15) is 0 Å². The van der Waals surface area contributed by atoms with Gasteiger partial charge in [0.2, 0.25) is 5.95 Å². The van der Waals surface area contributed by atoms with Gasteiger partial charge in [-0.25, -0.2) is 0 Å². The number of hydrogen-bond donors (Lipinski definition) is 2. The van der Waals surface area contributed by atoms with E-state index in [-0.39, 0.29) is 0 Å². The monoisotopic (exact) mass is 400 g/mol. The summed E-state index contributed by atoms with van der Waals surface area (Å²) in [6.07, 6.45) is 3.69. The molecule has 29 heavy (non-hydrogen) atoms.